The zero-order valence-electron chi connectivity index (χ0n) is 13.9. The third-order valence-electron chi connectivity index (χ3n) is 3.49. The predicted octanol–water partition coefficient (Wildman–Crippen LogP) is 2.35. The van der Waals surface area contributed by atoms with Crippen LogP contribution in [-0.4, -0.2) is 49.6 Å². The van der Waals surface area contributed by atoms with Gasteiger partial charge < -0.3 is 9.64 Å². The standard InChI is InChI=1S/C15H21N3O5S/c1-15(2,3)23-14(19)17-8-6-11(9-17)10-24(22)13-12(18(20)21)5-4-7-16-13/h4-5,7,11H,6,8-10H2,1-3H3/t11-,24+/m1/s1. The van der Waals surface area contributed by atoms with Crippen molar-refractivity contribution in [2.75, 3.05) is 18.8 Å². The fourth-order valence-corrected chi connectivity index (χ4v) is 3.86. The zero-order valence-corrected chi connectivity index (χ0v) is 14.7. The summed E-state index contributed by atoms with van der Waals surface area (Å²) < 4.78 is 17.8. The van der Waals surface area contributed by atoms with Crippen LogP contribution >= 0.6 is 0 Å². The van der Waals surface area contributed by atoms with Gasteiger partial charge in [-0.3, -0.25) is 14.3 Å². The Kier molecular flexibility index (Phi) is 5.53. The Morgan fingerprint density at radius 2 is 2.25 bits per heavy atom. The van der Waals surface area contributed by atoms with E-state index >= 15 is 0 Å². The molecule has 1 aromatic rings. The van der Waals surface area contributed by atoms with E-state index in [0.29, 0.717) is 19.5 Å². The molecule has 1 fully saturated rings. The lowest BCUT2D eigenvalue weighted by Gasteiger charge is -2.24. The van der Waals surface area contributed by atoms with Crippen LogP contribution in [0.25, 0.3) is 0 Å². The van der Waals surface area contributed by atoms with Crippen molar-refractivity contribution in [3.05, 3.63) is 28.4 Å². The normalized spacial score (nSPS) is 19.1. The molecule has 0 N–H and O–H groups in total. The topological polar surface area (TPSA) is 103 Å². The maximum atomic E-state index is 12.4. The van der Waals surface area contributed by atoms with Crippen molar-refractivity contribution in [3.63, 3.8) is 0 Å². The van der Waals surface area contributed by atoms with Crippen LogP contribution in [0.4, 0.5) is 10.5 Å². The smallest absolute Gasteiger partial charge is 0.410 e. The second kappa shape index (κ2) is 7.25. The van der Waals surface area contributed by atoms with Gasteiger partial charge in [0.05, 0.1) is 15.7 Å². The zero-order chi connectivity index (χ0) is 17.9. The number of hydrogen-bond acceptors (Lipinski definition) is 6. The van der Waals surface area contributed by atoms with E-state index < -0.39 is 21.3 Å². The number of hydrogen-bond donors (Lipinski definition) is 0. The Bertz CT molecular complexity index is 659. The molecule has 2 atom stereocenters. The molecular weight excluding hydrogens is 334 g/mol. The van der Waals surface area contributed by atoms with Gasteiger partial charge in [0.1, 0.15) is 5.60 Å². The molecule has 0 unspecified atom stereocenters. The highest BCUT2D eigenvalue weighted by atomic mass is 32.2. The van der Waals surface area contributed by atoms with Crippen LogP contribution in [-0.2, 0) is 15.5 Å². The Morgan fingerprint density at radius 1 is 1.54 bits per heavy atom. The Morgan fingerprint density at radius 3 is 2.88 bits per heavy atom. The van der Waals surface area contributed by atoms with Crippen molar-refractivity contribution in [2.45, 2.75) is 37.8 Å². The van der Waals surface area contributed by atoms with Gasteiger partial charge in [-0.15, -0.1) is 0 Å². The number of pyridine rings is 1. The second-order valence-electron chi connectivity index (χ2n) is 6.68. The fraction of sp³-hybridized carbons (Fsp3) is 0.600. The monoisotopic (exact) mass is 355 g/mol. The minimum atomic E-state index is -1.58. The molecule has 0 aromatic carbocycles. The first-order valence-corrected chi connectivity index (χ1v) is 8.95. The number of rotatable bonds is 4. The molecule has 132 valence electrons. The molecule has 9 heteroatoms. The van der Waals surface area contributed by atoms with Crippen molar-refractivity contribution in [1.82, 2.24) is 9.88 Å². The van der Waals surface area contributed by atoms with Crippen LogP contribution in [0.3, 0.4) is 0 Å². The van der Waals surface area contributed by atoms with Crippen molar-refractivity contribution in [1.29, 1.82) is 0 Å². The minimum Gasteiger partial charge on any atom is -0.444 e. The van der Waals surface area contributed by atoms with E-state index in [1.165, 1.54) is 18.3 Å². The summed E-state index contributed by atoms with van der Waals surface area (Å²) in [5, 5.41) is 11.0. The number of carbonyl (C=O) groups excluding carboxylic acids is 1. The SMILES string of the molecule is CC(C)(C)OC(=O)N1CC[C@@H](C[S@](=O)c2ncccc2[N+](=O)[O-])C1. The first-order chi connectivity index (χ1) is 11.2. The number of aromatic nitrogens is 1. The molecule has 0 spiro atoms. The third-order valence-corrected chi connectivity index (χ3v) is 5.01. The molecule has 1 aliphatic heterocycles. The van der Waals surface area contributed by atoms with Gasteiger partial charge in [-0.2, -0.15) is 0 Å². The number of amides is 1. The maximum Gasteiger partial charge on any atom is 0.410 e. The van der Waals surface area contributed by atoms with Crippen molar-refractivity contribution in [2.24, 2.45) is 5.92 Å². The van der Waals surface area contributed by atoms with Crippen molar-refractivity contribution < 1.29 is 18.7 Å². The quantitative estimate of drug-likeness (QED) is 0.607. The maximum absolute atomic E-state index is 12.4. The number of ether oxygens (including phenoxy) is 1. The number of likely N-dealkylation sites (tertiary alicyclic amines) is 1. The molecule has 1 aliphatic rings. The summed E-state index contributed by atoms with van der Waals surface area (Å²) in [5.74, 6) is 0.233. The summed E-state index contributed by atoms with van der Waals surface area (Å²) in [5.41, 5.74) is -0.801. The lowest BCUT2D eigenvalue weighted by atomic mass is 10.2. The van der Waals surface area contributed by atoms with Gasteiger partial charge in [-0.1, -0.05) is 0 Å². The van der Waals surface area contributed by atoms with Crippen LogP contribution in [0.5, 0.6) is 0 Å². The molecule has 24 heavy (non-hydrogen) atoms. The van der Waals surface area contributed by atoms with Crippen LogP contribution in [0.15, 0.2) is 23.4 Å². The molecule has 1 amide bonds. The van der Waals surface area contributed by atoms with E-state index in [9.17, 15) is 19.1 Å². The van der Waals surface area contributed by atoms with Crippen LogP contribution in [0.2, 0.25) is 0 Å². The summed E-state index contributed by atoms with van der Waals surface area (Å²) >= 11 is 0. The van der Waals surface area contributed by atoms with Crippen LogP contribution in [0.1, 0.15) is 27.2 Å². The van der Waals surface area contributed by atoms with Gasteiger partial charge in [0.15, 0.2) is 0 Å². The average Bonchev–Trinajstić information content (AvgIpc) is 2.94. The van der Waals surface area contributed by atoms with E-state index in [0.717, 1.165) is 0 Å². The molecule has 1 aromatic heterocycles. The first-order valence-electron chi connectivity index (χ1n) is 7.63. The largest absolute Gasteiger partial charge is 0.444 e. The number of nitrogens with zero attached hydrogens (tertiary/aromatic N) is 3. The molecule has 0 bridgehead atoms. The molecular formula is C15H21N3O5S. The molecule has 0 aliphatic carbocycles. The Balaban J connectivity index is 1.97. The second-order valence-corrected chi connectivity index (χ2v) is 8.09. The first kappa shape index (κ1) is 18.3. The summed E-state index contributed by atoms with van der Waals surface area (Å²) in [7, 11) is -1.58. The lowest BCUT2D eigenvalue weighted by molar-refractivity contribution is -0.388. The minimum absolute atomic E-state index is 0.0000353. The van der Waals surface area contributed by atoms with E-state index in [-0.39, 0.29) is 28.5 Å². The molecule has 0 saturated carbocycles. The molecule has 2 heterocycles. The highest BCUT2D eigenvalue weighted by molar-refractivity contribution is 7.85. The molecule has 8 nitrogen and oxygen atoms in total. The Labute approximate surface area is 142 Å². The van der Waals surface area contributed by atoms with Crippen LogP contribution < -0.4 is 0 Å². The molecule has 2 rings (SSSR count). The van der Waals surface area contributed by atoms with Gasteiger partial charge in [0, 0.05) is 31.1 Å². The molecule has 0 radical (unpaired) electrons. The van der Waals surface area contributed by atoms with Crippen molar-refractivity contribution in [3.8, 4) is 0 Å². The van der Waals surface area contributed by atoms with Gasteiger partial charge in [0.25, 0.3) is 0 Å². The predicted molar refractivity (Wildman–Crippen MR) is 88.1 cm³/mol. The van der Waals surface area contributed by atoms with Crippen molar-refractivity contribution >= 4 is 22.6 Å². The van der Waals surface area contributed by atoms with E-state index in [4.69, 9.17) is 4.74 Å². The van der Waals surface area contributed by atoms with Gasteiger partial charge in [0.2, 0.25) is 5.03 Å². The summed E-state index contributed by atoms with van der Waals surface area (Å²) in [6.45, 7) is 6.36. The highest BCUT2D eigenvalue weighted by Crippen LogP contribution is 2.24. The number of nitro groups is 1. The summed E-state index contributed by atoms with van der Waals surface area (Å²) in [4.78, 5) is 27.9. The van der Waals surface area contributed by atoms with Gasteiger partial charge >= 0.3 is 11.8 Å². The van der Waals surface area contributed by atoms with E-state index in [2.05, 4.69) is 4.98 Å². The lowest BCUT2D eigenvalue weighted by Crippen LogP contribution is -2.35. The van der Waals surface area contributed by atoms with Crippen LogP contribution in [0, 0.1) is 16.0 Å². The van der Waals surface area contributed by atoms with E-state index in [1.54, 1.807) is 25.7 Å². The summed E-state index contributed by atoms with van der Waals surface area (Å²) in [6.07, 6.45) is 1.69. The number of carbonyl (C=O) groups is 1. The fourth-order valence-electron chi connectivity index (χ4n) is 2.45. The summed E-state index contributed by atoms with van der Waals surface area (Å²) in [6, 6.07) is 2.74. The van der Waals surface area contributed by atoms with E-state index in [1.807, 2.05) is 0 Å². The Hall–Kier alpha value is -2.03. The van der Waals surface area contributed by atoms with Gasteiger partial charge in [-0.05, 0) is 39.2 Å². The van der Waals surface area contributed by atoms with Gasteiger partial charge in [-0.25, -0.2) is 9.78 Å². The molecule has 1 saturated heterocycles. The highest BCUT2D eigenvalue weighted by Gasteiger charge is 2.32. The third kappa shape index (κ3) is 4.73. The average molecular weight is 355 g/mol.